The second-order valence-electron chi connectivity index (χ2n) is 7.07. The van der Waals surface area contributed by atoms with Gasteiger partial charge in [-0.15, -0.1) is 0 Å². The summed E-state index contributed by atoms with van der Waals surface area (Å²) in [6.07, 6.45) is 0.931. The van der Waals surface area contributed by atoms with Gasteiger partial charge in [-0.05, 0) is 68.1 Å². The van der Waals surface area contributed by atoms with Crippen molar-refractivity contribution in [3.8, 4) is 5.75 Å². The summed E-state index contributed by atoms with van der Waals surface area (Å²) in [5.41, 5.74) is 0.778. The smallest absolute Gasteiger partial charge is 0.259 e. The van der Waals surface area contributed by atoms with Gasteiger partial charge >= 0.3 is 0 Å². The third-order valence-corrected chi connectivity index (χ3v) is 6.39. The first-order valence-electron chi connectivity index (χ1n) is 9.15. The number of halogens is 1. The van der Waals surface area contributed by atoms with Crippen LogP contribution in [0.2, 0.25) is 0 Å². The molecule has 2 unspecified atom stereocenters. The molecule has 1 fully saturated rings. The third-order valence-electron chi connectivity index (χ3n) is 4.87. The molecule has 2 aromatic carbocycles. The van der Waals surface area contributed by atoms with E-state index < -0.39 is 27.9 Å². The molecule has 7 nitrogen and oxygen atoms in total. The molecule has 2 atom stereocenters. The number of hydrogen-bond acceptors (Lipinski definition) is 5. The third kappa shape index (κ3) is 4.92. The molecule has 0 bridgehead atoms. The summed E-state index contributed by atoms with van der Waals surface area (Å²) in [5.74, 6) is -0.769. The number of hydrogen-bond donors (Lipinski definition) is 3. The van der Waals surface area contributed by atoms with Gasteiger partial charge in [0.25, 0.3) is 5.91 Å². The summed E-state index contributed by atoms with van der Waals surface area (Å²) in [5, 5.41) is 12.2. The second-order valence-corrected chi connectivity index (χ2v) is 8.78. The van der Waals surface area contributed by atoms with E-state index in [0.29, 0.717) is 30.5 Å². The fraction of sp³-hybridized carbons (Fsp3) is 0.350. The Morgan fingerprint density at radius 2 is 1.97 bits per heavy atom. The highest BCUT2D eigenvalue weighted by Gasteiger charge is 2.28. The molecule has 0 aromatic heterocycles. The lowest BCUT2D eigenvalue weighted by Gasteiger charge is -2.15. The first-order valence-corrected chi connectivity index (χ1v) is 10.6. The topological polar surface area (TPSA) is 105 Å². The number of methoxy groups -OCH3 is 1. The van der Waals surface area contributed by atoms with Crippen molar-refractivity contribution in [3.05, 3.63) is 53.3 Å². The summed E-state index contributed by atoms with van der Waals surface area (Å²) < 4.78 is 46.6. The highest BCUT2D eigenvalue weighted by Crippen LogP contribution is 2.26. The first-order chi connectivity index (χ1) is 13.7. The van der Waals surface area contributed by atoms with Crippen molar-refractivity contribution in [1.82, 2.24) is 4.72 Å². The SMILES string of the molecule is COc1ccc(S(=O)(=O)NC2CCC(O)C2)cc1C(=O)Nc1ccc(F)c(C)c1. The Bertz CT molecular complexity index is 1030. The average molecular weight is 422 g/mol. The lowest BCUT2D eigenvalue weighted by molar-refractivity contribution is 0.102. The van der Waals surface area contributed by atoms with Crippen molar-refractivity contribution < 1.29 is 27.4 Å². The molecule has 0 aliphatic heterocycles. The van der Waals surface area contributed by atoms with E-state index in [4.69, 9.17) is 4.74 Å². The van der Waals surface area contributed by atoms with E-state index in [1.54, 1.807) is 6.92 Å². The van der Waals surface area contributed by atoms with Crippen molar-refractivity contribution in [2.24, 2.45) is 0 Å². The number of benzene rings is 2. The number of carbonyl (C=O) groups excluding carboxylic acids is 1. The summed E-state index contributed by atoms with van der Waals surface area (Å²) in [4.78, 5) is 12.6. The number of aryl methyl sites for hydroxylation is 1. The molecule has 3 rings (SSSR count). The number of amides is 1. The van der Waals surface area contributed by atoms with Crippen LogP contribution < -0.4 is 14.8 Å². The zero-order valence-electron chi connectivity index (χ0n) is 16.1. The van der Waals surface area contributed by atoms with Crippen LogP contribution >= 0.6 is 0 Å². The first kappa shape index (κ1) is 21.2. The Balaban J connectivity index is 1.86. The van der Waals surface area contributed by atoms with Crippen LogP contribution in [0.15, 0.2) is 41.3 Å². The molecule has 29 heavy (non-hydrogen) atoms. The predicted molar refractivity (Wildman–Crippen MR) is 106 cm³/mol. The predicted octanol–water partition coefficient (Wildman–Crippen LogP) is 2.59. The molecule has 3 N–H and O–H groups in total. The molecule has 1 saturated carbocycles. The fourth-order valence-electron chi connectivity index (χ4n) is 3.30. The van der Waals surface area contributed by atoms with Crippen LogP contribution in [0.1, 0.15) is 35.2 Å². The van der Waals surface area contributed by atoms with Crippen LogP contribution in [-0.2, 0) is 10.0 Å². The Kier molecular flexibility index (Phi) is 6.21. The van der Waals surface area contributed by atoms with Gasteiger partial charge in [-0.25, -0.2) is 17.5 Å². The van der Waals surface area contributed by atoms with Crippen molar-refractivity contribution in [2.45, 2.75) is 43.2 Å². The zero-order chi connectivity index (χ0) is 21.2. The van der Waals surface area contributed by atoms with Crippen LogP contribution in [0.4, 0.5) is 10.1 Å². The van der Waals surface area contributed by atoms with Crippen molar-refractivity contribution in [1.29, 1.82) is 0 Å². The van der Waals surface area contributed by atoms with E-state index in [2.05, 4.69) is 10.0 Å². The minimum atomic E-state index is -3.88. The fourth-order valence-corrected chi connectivity index (χ4v) is 4.61. The minimum absolute atomic E-state index is 0.0313. The lowest BCUT2D eigenvalue weighted by atomic mass is 10.1. The second kappa shape index (κ2) is 8.48. The Hall–Kier alpha value is -2.49. The van der Waals surface area contributed by atoms with E-state index in [0.717, 1.165) is 0 Å². The van der Waals surface area contributed by atoms with Gasteiger partial charge in [-0.3, -0.25) is 4.79 Å². The monoisotopic (exact) mass is 422 g/mol. The lowest BCUT2D eigenvalue weighted by Crippen LogP contribution is -2.33. The highest BCUT2D eigenvalue weighted by molar-refractivity contribution is 7.89. The van der Waals surface area contributed by atoms with Gasteiger partial charge in [0.2, 0.25) is 10.0 Å². The van der Waals surface area contributed by atoms with E-state index in [1.807, 2.05) is 0 Å². The average Bonchev–Trinajstić information content (AvgIpc) is 3.08. The standard InChI is InChI=1S/C20H23FN2O5S/c1-12-9-13(4-7-18(12)21)22-20(25)17-11-16(6-8-19(17)28-2)29(26,27)23-14-3-5-15(24)10-14/h4,6-9,11,14-15,23-24H,3,5,10H2,1-2H3,(H,22,25). The van der Waals surface area contributed by atoms with Crippen LogP contribution in [0.3, 0.4) is 0 Å². The normalized spacial score (nSPS) is 19.2. The van der Waals surface area contributed by atoms with Crippen LogP contribution in [-0.4, -0.2) is 38.7 Å². The van der Waals surface area contributed by atoms with Crippen LogP contribution in [0.5, 0.6) is 5.75 Å². The molecule has 0 saturated heterocycles. The molecule has 1 aliphatic carbocycles. The van der Waals surface area contributed by atoms with E-state index >= 15 is 0 Å². The summed E-state index contributed by atoms with van der Waals surface area (Å²) in [6.45, 7) is 1.57. The number of aliphatic hydroxyl groups excluding tert-OH is 1. The number of carbonyl (C=O) groups is 1. The van der Waals surface area contributed by atoms with Gasteiger partial charge in [0.15, 0.2) is 0 Å². The number of sulfonamides is 1. The largest absolute Gasteiger partial charge is 0.496 e. The van der Waals surface area contributed by atoms with Crippen LogP contribution in [0, 0.1) is 12.7 Å². The maximum absolute atomic E-state index is 13.4. The Labute approximate surface area is 168 Å². The molecule has 0 heterocycles. The summed E-state index contributed by atoms with van der Waals surface area (Å²) in [6, 6.07) is 7.78. The highest BCUT2D eigenvalue weighted by atomic mass is 32.2. The Morgan fingerprint density at radius 3 is 2.59 bits per heavy atom. The molecular weight excluding hydrogens is 399 g/mol. The molecule has 1 aliphatic rings. The number of rotatable bonds is 6. The van der Waals surface area contributed by atoms with Crippen LogP contribution in [0.25, 0.3) is 0 Å². The van der Waals surface area contributed by atoms with Gasteiger partial charge in [0, 0.05) is 11.7 Å². The minimum Gasteiger partial charge on any atom is -0.496 e. The van der Waals surface area contributed by atoms with Crippen molar-refractivity contribution in [2.75, 3.05) is 12.4 Å². The van der Waals surface area contributed by atoms with Gasteiger partial charge in [-0.1, -0.05) is 0 Å². The summed E-state index contributed by atoms with van der Waals surface area (Å²) in [7, 11) is -2.50. The zero-order valence-corrected chi connectivity index (χ0v) is 16.9. The number of aliphatic hydroxyl groups is 1. The molecule has 156 valence electrons. The Morgan fingerprint density at radius 1 is 1.21 bits per heavy atom. The van der Waals surface area contributed by atoms with Gasteiger partial charge < -0.3 is 15.2 Å². The van der Waals surface area contributed by atoms with E-state index in [1.165, 1.54) is 43.5 Å². The maximum Gasteiger partial charge on any atom is 0.259 e. The summed E-state index contributed by atoms with van der Waals surface area (Å²) >= 11 is 0. The maximum atomic E-state index is 13.4. The molecular formula is C20H23FN2O5S. The van der Waals surface area contributed by atoms with Crippen molar-refractivity contribution >= 4 is 21.6 Å². The molecule has 1 amide bonds. The van der Waals surface area contributed by atoms with E-state index in [-0.39, 0.29) is 22.3 Å². The van der Waals surface area contributed by atoms with Gasteiger partial charge in [0.1, 0.15) is 11.6 Å². The molecule has 9 heteroatoms. The molecule has 0 spiro atoms. The van der Waals surface area contributed by atoms with Crippen molar-refractivity contribution in [3.63, 3.8) is 0 Å². The quantitative estimate of drug-likeness (QED) is 0.664. The number of nitrogens with one attached hydrogen (secondary N) is 2. The molecule has 2 aromatic rings. The van der Waals surface area contributed by atoms with Gasteiger partial charge in [0.05, 0.1) is 23.7 Å². The number of anilines is 1. The number of ether oxygens (including phenoxy) is 1. The van der Waals surface area contributed by atoms with Gasteiger partial charge in [-0.2, -0.15) is 0 Å². The van der Waals surface area contributed by atoms with E-state index in [9.17, 15) is 22.7 Å². The molecule has 0 radical (unpaired) electrons.